The predicted molar refractivity (Wildman–Crippen MR) is 251 cm³/mol. The topological polar surface area (TPSA) is 297 Å². The molecule has 0 spiro atoms. The van der Waals surface area contributed by atoms with Gasteiger partial charge in [-0.3, -0.25) is 28.3 Å². The second-order valence-corrected chi connectivity index (χ2v) is 19.4. The Morgan fingerprint density at radius 1 is 0.554 bits per heavy atom. The van der Waals surface area contributed by atoms with E-state index in [1.807, 2.05) is 6.92 Å². The third-order valence-electron chi connectivity index (χ3n) is 8.74. The summed E-state index contributed by atoms with van der Waals surface area (Å²) in [6.45, 7) is 4.53. The standard InChI is InChI=1S/C37H73N7O15P4S2/c1-2-54-27-28-55-37(49)44(23-21-40-33(45)17-9-7-11-19-38-35(47)31-64-29-15-5-3-13-25-56-62(50,51)58-42-60)24-22-41-34(46)18-10-8-12-20-39-36(48)32-65-30-16-6-4-14-26-57-63(52,53)59-43-61/h60-61H,2-32H2,1H3,(H,38,47)(H,39,48)(H,40,45)(H,41,46)(H,50,51)(H,52,53)/p-2. The van der Waals surface area contributed by atoms with Crippen LogP contribution in [0.2, 0.25) is 0 Å². The maximum atomic E-state index is 12.8. The van der Waals surface area contributed by atoms with Gasteiger partial charge in [0.1, 0.15) is 6.61 Å². The van der Waals surface area contributed by atoms with E-state index in [1.54, 1.807) is 0 Å². The molecule has 65 heavy (non-hydrogen) atoms. The number of rotatable bonds is 46. The Balaban J connectivity index is 4.08. The highest BCUT2D eigenvalue weighted by Gasteiger charge is 2.16. The first-order valence-corrected chi connectivity index (χ1v) is 28.1. The SMILES string of the molecule is CCOCCOC(=O)N(CCNC(=O)CCCCCNC(=O)CSCCCCCCOP(=O)([O-])ON=P)CCNC(=O)CCCCCNC(=O)CSCCCCCCOP(=O)([O-])ON=P. The highest BCUT2D eigenvalue weighted by Crippen LogP contribution is 2.39. The lowest BCUT2D eigenvalue weighted by Crippen LogP contribution is -2.43. The van der Waals surface area contributed by atoms with E-state index in [2.05, 4.69) is 67.4 Å². The molecule has 0 aromatic carbocycles. The number of nitrogens with one attached hydrogen (secondary N) is 4. The molecule has 0 saturated carbocycles. The maximum Gasteiger partial charge on any atom is 0.409 e. The number of carbonyl (C=O) groups excluding carboxylic acids is 5. The van der Waals surface area contributed by atoms with Crippen LogP contribution in [-0.4, -0.2) is 130 Å². The maximum absolute atomic E-state index is 12.8. The molecule has 0 radical (unpaired) electrons. The van der Waals surface area contributed by atoms with Gasteiger partial charge in [0.15, 0.2) is 0 Å². The fourth-order valence-corrected chi connectivity index (χ4v) is 8.72. The molecule has 0 aromatic heterocycles. The Morgan fingerprint density at radius 3 is 1.40 bits per heavy atom. The first-order chi connectivity index (χ1) is 31.2. The molecule has 5 amide bonds. The lowest BCUT2D eigenvalue weighted by molar-refractivity contribution is -0.226. The molecule has 0 rings (SSSR count). The summed E-state index contributed by atoms with van der Waals surface area (Å²) in [5.41, 5.74) is 0. The number of hydrogen-bond donors (Lipinski definition) is 4. The van der Waals surface area contributed by atoms with Crippen molar-refractivity contribution in [3.8, 4) is 0 Å². The van der Waals surface area contributed by atoms with Gasteiger partial charge < -0.3 is 54.5 Å². The third kappa shape index (κ3) is 43.3. The number of phosphoric acid groups is 2. The fraction of sp³-hybridized carbons (Fsp3) is 0.865. The van der Waals surface area contributed by atoms with Crippen LogP contribution in [0.1, 0.15) is 110 Å². The van der Waals surface area contributed by atoms with E-state index in [1.165, 1.54) is 28.4 Å². The number of phosphoric ester groups is 2. The van der Waals surface area contributed by atoms with Crippen molar-refractivity contribution in [3.05, 3.63) is 0 Å². The van der Waals surface area contributed by atoms with Crippen molar-refractivity contribution in [2.45, 2.75) is 110 Å². The van der Waals surface area contributed by atoms with Crippen LogP contribution >= 0.6 is 57.2 Å². The van der Waals surface area contributed by atoms with Crippen LogP contribution in [0, 0.1) is 0 Å². The van der Waals surface area contributed by atoms with Crippen LogP contribution in [0.25, 0.3) is 0 Å². The zero-order valence-electron chi connectivity index (χ0n) is 37.6. The van der Waals surface area contributed by atoms with Crippen molar-refractivity contribution in [2.75, 3.05) is 95.3 Å². The lowest BCUT2D eigenvalue weighted by Gasteiger charge is -2.22. The number of nitrogens with zero attached hydrogens (tertiary/aromatic N) is 3. The molecule has 0 aromatic rings. The summed E-state index contributed by atoms with van der Waals surface area (Å²) in [4.78, 5) is 91.5. The number of unbranched alkanes of at least 4 members (excludes halogenated alkanes) is 10. The Labute approximate surface area is 397 Å². The predicted octanol–water partition coefficient (Wildman–Crippen LogP) is 5.12. The number of hydrogen-bond acceptors (Lipinski definition) is 19. The monoisotopic (exact) mass is 1040 g/mol. The van der Waals surface area contributed by atoms with Gasteiger partial charge in [-0.2, -0.15) is 32.8 Å². The van der Waals surface area contributed by atoms with Crippen molar-refractivity contribution in [3.63, 3.8) is 0 Å². The van der Waals surface area contributed by atoms with E-state index in [0.29, 0.717) is 69.7 Å². The van der Waals surface area contributed by atoms with E-state index in [4.69, 9.17) is 9.47 Å². The Morgan fingerprint density at radius 2 is 0.969 bits per heavy atom. The number of ether oxygens (including phenoxy) is 2. The van der Waals surface area contributed by atoms with Crippen molar-refractivity contribution < 1.29 is 70.7 Å². The second kappa shape index (κ2) is 43.5. The molecule has 0 bridgehead atoms. The highest BCUT2D eigenvalue weighted by atomic mass is 32.2. The van der Waals surface area contributed by atoms with Gasteiger partial charge in [-0.25, -0.2) is 4.79 Å². The molecule has 0 heterocycles. The molecule has 2 atom stereocenters. The average Bonchev–Trinajstić information content (AvgIpc) is 3.25. The van der Waals surface area contributed by atoms with Gasteiger partial charge in [-0.15, -0.1) is 9.82 Å². The summed E-state index contributed by atoms with van der Waals surface area (Å²) in [6.07, 6.45) is 10.5. The smallest absolute Gasteiger partial charge is 0.409 e. The van der Waals surface area contributed by atoms with Crippen LogP contribution in [0.3, 0.4) is 0 Å². The van der Waals surface area contributed by atoms with Crippen LogP contribution in [-0.2, 0) is 56.1 Å². The lowest BCUT2D eigenvalue weighted by atomic mass is 10.2. The minimum Gasteiger partial charge on any atom is -0.755 e. The third-order valence-corrected chi connectivity index (χ3v) is 12.9. The van der Waals surface area contributed by atoms with Crippen molar-refractivity contribution >= 4 is 87.0 Å². The molecule has 0 aliphatic carbocycles. The zero-order valence-corrected chi connectivity index (χ0v) is 43.0. The van der Waals surface area contributed by atoms with Gasteiger partial charge >= 0.3 is 6.09 Å². The van der Waals surface area contributed by atoms with E-state index < -0.39 is 21.7 Å². The Hall–Kier alpha value is -1.77. The molecule has 0 fully saturated rings. The highest BCUT2D eigenvalue weighted by molar-refractivity contribution is 8.00. The summed E-state index contributed by atoms with van der Waals surface area (Å²) < 4.78 is 50.4. The molecular formula is C37H71N7O15P4S2-2. The van der Waals surface area contributed by atoms with E-state index in [9.17, 15) is 42.9 Å². The molecule has 0 aliphatic rings. The fourth-order valence-electron chi connectivity index (χ4n) is 5.44. The molecular weight excluding hydrogens is 970 g/mol. The van der Waals surface area contributed by atoms with Gasteiger partial charge in [0.25, 0.3) is 15.6 Å². The normalized spacial score (nSPS) is 12.9. The Kier molecular flexibility index (Phi) is 42.3. The molecule has 378 valence electrons. The summed E-state index contributed by atoms with van der Waals surface area (Å²) >= 11 is 3.07. The van der Waals surface area contributed by atoms with Crippen molar-refractivity contribution in [1.29, 1.82) is 0 Å². The zero-order chi connectivity index (χ0) is 48.3. The van der Waals surface area contributed by atoms with Gasteiger partial charge in [-0.1, -0.05) is 38.5 Å². The van der Waals surface area contributed by atoms with Gasteiger partial charge in [0, 0.05) is 76.8 Å². The first kappa shape index (κ1) is 63.2. The minimum absolute atomic E-state index is 0.0235. The van der Waals surface area contributed by atoms with Gasteiger partial charge in [0.2, 0.25) is 23.6 Å². The molecule has 2 unspecified atom stereocenters. The Bertz CT molecular complexity index is 1350. The quantitative estimate of drug-likeness (QED) is 0.0349. The number of amides is 5. The minimum atomic E-state index is -4.39. The number of carbonyl (C=O) groups is 5. The van der Waals surface area contributed by atoms with Crippen LogP contribution in [0.4, 0.5) is 4.79 Å². The van der Waals surface area contributed by atoms with E-state index in [-0.39, 0.29) is 76.2 Å². The van der Waals surface area contributed by atoms with Crippen LogP contribution < -0.4 is 31.1 Å². The summed E-state index contributed by atoms with van der Waals surface area (Å²) in [5.74, 6) is 1.92. The average molecular weight is 1040 g/mol. The molecule has 0 saturated heterocycles. The summed E-state index contributed by atoms with van der Waals surface area (Å²) in [6, 6.07) is 0. The summed E-state index contributed by atoms with van der Waals surface area (Å²) in [5, 5.41) is 11.4. The van der Waals surface area contributed by atoms with Crippen molar-refractivity contribution in [2.24, 2.45) is 9.82 Å². The molecule has 28 heteroatoms. The first-order valence-electron chi connectivity index (χ1n) is 22.0. The second-order valence-electron chi connectivity index (χ2n) is 14.2. The largest absolute Gasteiger partial charge is 0.755 e. The van der Waals surface area contributed by atoms with Gasteiger partial charge in [-0.05, 0) is 69.8 Å². The van der Waals surface area contributed by atoms with Crippen molar-refractivity contribution in [1.82, 2.24) is 26.2 Å². The van der Waals surface area contributed by atoms with E-state index in [0.717, 1.165) is 75.7 Å². The summed E-state index contributed by atoms with van der Waals surface area (Å²) in [7, 11) is -3.69. The van der Waals surface area contributed by atoms with Crippen LogP contribution in [0.15, 0.2) is 9.82 Å². The molecule has 4 N–H and O–H groups in total. The van der Waals surface area contributed by atoms with Gasteiger partial charge in [0.05, 0.1) is 31.3 Å². The van der Waals surface area contributed by atoms with Crippen LogP contribution in [0.5, 0.6) is 0 Å². The molecule has 22 nitrogen and oxygen atoms in total. The van der Waals surface area contributed by atoms with E-state index >= 15 is 0 Å². The molecule has 0 aliphatic heterocycles. The number of thioether (sulfide) groups is 2.